The predicted molar refractivity (Wildman–Crippen MR) is 86.9 cm³/mol. The van der Waals surface area contributed by atoms with Crippen LogP contribution in [-0.2, 0) is 26.5 Å². The minimum Gasteiger partial charge on any atom is -1.00 e. The number of halogens is 2. The molecule has 0 saturated carbocycles. The standard InChI is InChI=1S/C14H19.C5H10O2.2ClH.Ti/c1-10-11-6-2-4-8-13(11)14-9-5-3-7-12(10)14;1-5(2,3)4(6)7;;;/h6,10H,2-5,7-9H2,1H3;1-3H3,(H,6,7);2*1H;/q-1;;;;+3/p-2. The summed E-state index contributed by atoms with van der Waals surface area (Å²) in [5.41, 5.74) is 6.48. The summed E-state index contributed by atoms with van der Waals surface area (Å²) in [5.74, 6) is 0.0214. The zero-order chi connectivity index (χ0) is 15.6. The molecule has 0 amide bonds. The van der Waals surface area contributed by atoms with E-state index in [-0.39, 0.29) is 46.5 Å². The minimum absolute atomic E-state index is 0. The molecule has 0 fully saturated rings. The van der Waals surface area contributed by atoms with E-state index in [1.54, 1.807) is 43.1 Å². The zero-order valence-electron chi connectivity index (χ0n) is 15.2. The Balaban J connectivity index is 0. The Bertz CT molecular complexity index is 458. The van der Waals surface area contributed by atoms with Gasteiger partial charge >= 0.3 is 27.7 Å². The summed E-state index contributed by atoms with van der Waals surface area (Å²) >= 11 is 0. The van der Waals surface area contributed by atoms with E-state index in [4.69, 9.17) is 5.11 Å². The van der Waals surface area contributed by atoms with Crippen molar-refractivity contribution in [1.29, 1.82) is 0 Å². The third kappa shape index (κ3) is 6.13. The van der Waals surface area contributed by atoms with Gasteiger partial charge < -0.3 is 29.9 Å². The Labute approximate surface area is 174 Å². The van der Waals surface area contributed by atoms with E-state index in [0.29, 0.717) is 0 Å². The zero-order valence-corrected chi connectivity index (χ0v) is 18.3. The third-order valence-corrected chi connectivity index (χ3v) is 4.85. The molecule has 24 heavy (non-hydrogen) atoms. The normalized spacial score (nSPS) is 21.6. The molecule has 0 bridgehead atoms. The van der Waals surface area contributed by atoms with Crippen molar-refractivity contribution in [2.24, 2.45) is 11.3 Å². The SMILES string of the molecule is CC(C)(C)C(=O)O.CC1C2=C(CCC[CH-]2)C2=C1CCCC2.[Cl-].[Cl-].[Ti+3]. The topological polar surface area (TPSA) is 37.3 Å². The Morgan fingerprint density at radius 1 is 1.04 bits per heavy atom. The number of carboxylic acids is 1. The van der Waals surface area contributed by atoms with E-state index < -0.39 is 11.4 Å². The van der Waals surface area contributed by atoms with Gasteiger partial charge in [-0.05, 0) is 46.0 Å². The van der Waals surface area contributed by atoms with Crippen molar-refractivity contribution in [2.45, 2.75) is 72.6 Å². The fraction of sp³-hybridized carbons (Fsp3) is 0.684. The molecule has 5 heteroatoms. The summed E-state index contributed by atoms with van der Waals surface area (Å²) in [6.07, 6.45) is 12.2. The van der Waals surface area contributed by atoms with Gasteiger partial charge in [-0.3, -0.25) is 4.79 Å². The Morgan fingerprint density at radius 2 is 1.54 bits per heavy atom. The number of carbonyl (C=O) groups is 1. The first-order valence-electron chi connectivity index (χ1n) is 8.34. The van der Waals surface area contributed by atoms with Crippen LogP contribution in [0.25, 0.3) is 0 Å². The van der Waals surface area contributed by atoms with Crippen molar-refractivity contribution in [3.8, 4) is 0 Å². The second-order valence-electron chi connectivity index (χ2n) is 7.52. The van der Waals surface area contributed by atoms with Crippen molar-refractivity contribution >= 4 is 5.97 Å². The molecule has 3 aliphatic rings. The van der Waals surface area contributed by atoms with Crippen molar-refractivity contribution in [2.75, 3.05) is 0 Å². The van der Waals surface area contributed by atoms with Gasteiger partial charge in [0, 0.05) is 0 Å². The molecular formula is C19H29Cl2O2Ti. The van der Waals surface area contributed by atoms with Crippen LogP contribution in [0.5, 0.6) is 0 Å². The quantitative estimate of drug-likeness (QED) is 0.426. The first kappa shape index (κ1) is 26.3. The first-order valence-corrected chi connectivity index (χ1v) is 8.34. The van der Waals surface area contributed by atoms with Gasteiger partial charge in [-0.15, -0.1) is 12.0 Å². The van der Waals surface area contributed by atoms with Crippen molar-refractivity contribution in [1.82, 2.24) is 0 Å². The van der Waals surface area contributed by atoms with E-state index >= 15 is 0 Å². The molecule has 3 rings (SSSR count). The maximum absolute atomic E-state index is 10.0. The summed E-state index contributed by atoms with van der Waals surface area (Å²) in [5, 5.41) is 8.25. The van der Waals surface area contributed by atoms with Gasteiger partial charge in [0.15, 0.2) is 0 Å². The molecule has 2 nitrogen and oxygen atoms in total. The molecule has 1 atom stereocenters. The molecule has 1 N–H and O–H groups in total. The third-order valence-electron chi connectivity index (χ3n) is 4.85. The van der Waals surface area contributed by atoms with Gasteiger partial charge in [0.05, 0.1) is 5.41 Å². The Hall–Kier alpha value is 0.114. The van der Waals surface area contributed by atoms with Crippen molar-refractivity contribution < 1.29 is 56.4 Å². The van der Waals surface area contributed by atoms with Crippen LogP contribution in [-0.4, -0.2) is 11.1 Å². The first-order chi connectivity index (χ1) is 9.82. The minimum atomic E-state index is -0.757. The maximum Gasteiger partial charge on any atom is 3.00 e. The van der Waals surface area contributed by atoms with Gasteiger partial charge in [0.1, 0.15) is 0 Å². The maximum atomic E-state index is 10.0. The predicted octanol–water partition coefficient (Wildman–Crippen LogP) is -0.686. The number of hydrogen-bond donors (Lipinski definition) is 1. The van der Waals surface area contributed by atoms with Crippen LogP contribution in [0.3, 0.4) is 0 Å². The average molecular weight is 408 g/mol. The van der Waals surface area contributed by atoms with Gasteiger partial charge in [0.25, 0.3) is 0 Å². The number of rotatable bonds is 0. The van der Waals surface area contributed by atoms with Crippen LogP contribution in [0.15, 0.2) is 22.3 Å². The molecule has 0 spiro atoms. The monoisotopic (exact) mass is 407 g/mol. The van der Waals surface area contributed by atoms with Gasteiger partial charge in [-0.2, -0.15) is 5.57 Å². The summed E-state index contributed by atoms with van der Waals surface area (Å²) in [7, 11) is 0. The largest absolute Gasteiger partial charge is 3.00 e. The van der Waals surface area contributed by atoms with Crippen molar-refractivity contribution in [3.05, 3.63) is 28.7 Å². The van der Waals surface area contributed by atoms with Crippen LogP contribution < -0.4 is 24.8 Å². The molecule has 1 unspecified atom stereocenters. The van der Waals surface area contributed by atoms with E-state index in [2.05, 4.69) is 13.3 Å². The van der Waals surface area contributed by atoms with E-state index in [1.807, 2.05) is 0 Å². The molecule has 0 aromatic heterocycles. The van der Waals surface area contributed by atoms with Crippen LogP contribution in [0.4, 0.5) is 0 Å². The van der Waals surface area contributed by atoms with Gasteiger partial charge in [-0.1, -0.05) is 31.8 Å². The second-order valence-corrected chi connectivity index (χ2v) is 7.52. The summed E-state index contributed by atoms with van der Waals surface area (Å²) < 4.78 is 0. The molecule has 3 aliphatic carbocycles. The number of hydrogen-bond acceptors (Lipinski definition) is 1. The number of fused-ring (bicyclic) bond motifs is 1. The van der Waals surface area contributed by atoms with Crippen molar-refractivity contribution in [3.63, 3.8) is 0 Å². The molecule has 1 radical (unpaired) electrons. The van der Waals surface area contributed by atoms with E-state index in [1.165, 1.54) is 44.9 Å². The Morgan fingerprint density at radius 3 is 2.08 bits per heavy atom. The molecule has 135 valence electrons. The number of allylic oxidation sites excluding steroid dienone is 4. The fourth-order valence-corrected chi connectivity index (χ4v) is 3.51. The molecule has 0 aromatic rings. The summed E-state index contributed by atoms with van der Waals surface area (Å²) in [4.78, 5) is 10.0. The smallest absolute Gasteiger partial charge is 1.00 e. The number of carboxylic acid groups (broad SMARTS) is 1. The van der Waals surface area contributed by atoms with E-state index in [9.17, 15) is 4.79 Å². The average Bonchev–Trinajstić information content (AvgIpc) is 2.73. The Kier molecular flexibility index (Phi) is 12.0. The van der Waals surface area contributed by atoms with Crippen LogP contribution in [0, 0.1) is 17.8 Å². The molecular weight excluding hydrogens is 379 g/mol. The molecule has 0 heterocycles. The molecule has 0 aromatic carbocycles. The fourth-order valence-electron chi connectivity index (χ4n) is 3.51. The van der Waals surface area contributed by atoms with Crippen LogP contribution in [0.1, 0.15) is 72.6 Å². The van der Waals surface area contributed by atoms with Crippen LogP contribution in [0.2, 0.25) is 0 Å². The molecule has 0 aliphatic heterocycles. The molecule has 0 saturated heterocycles. The summed E-state index contributed by atoms with van der Waals surface area (Å²) in [6.45, 7) is 7.41. The van der Waals surface area contributed by atoms with Crippen LogP contribution >= 0.6 is 0 Å². The van der Waals surface area contributed by atoms with Gasteiger partial charge in [0.2, 0.25) is 0 Å². The number of aliphatic carboxylic acids is 1. The van der Waals surface area contributed by atoms with E-state index in [0.717, 1.165) is 5.92 Å². The second kappa shape index (κ2) is 11.0. The summed E-state index contributed by atoms with van der Waals surface area (Å²) in [6, 6.07) is 0. The van der Waals surface area contributed by atoms with Gasteiger partial charge in [-0.25, -0.2) is 12.0 Å².